The van der Waals surface area contributed by atoms with Crippen LogP contribution in [-0.4, -0.2) is 28.2 Å². The number of aliphatic hydroxyl groups excluding tert-OH is 1. The third-order valence-electron chi connectivity index (χ3n) is 1.31. The molecule has 0 saturated carbocycles. The minimum Gasteiger partial charge on any atom is -0.395 e. The van der Waals surface area contributed by atoms with Crippen LogP contribution in [0.15, 0.2) is 6.07 Å². The van der Waals surface area contributed by atoms with Crippen molar-refractivity contribution in [1.82, 2.24) is 9.97 Å². The molecule has 0 aromatic carbocycles. The van der Waals surface area contributed by atoms with Gasteiger partial charge in [-0.3, -0.25) is 0 Å². The zero-order valence-electron chi connectivity index (χ0n) is 6.99. The molecule has 13 heavy (non-hydrogen) atoms. The van der Waals surface area contributed by atoms with Crippen LogP contribution in [-0.2, 0) is 0 Å². The average Bonchev–Trinajstić information content (AvgIpc) is 2.14. The van der Waals surface area contributed by atoms with Crippen LogP contribution in [0.4, 0.5) is 17.6 Å². The van der Waals surface area contributed by atoms with Crippen molar-refractivity contribution in [3.63, 3.8) is 0 Å². The highest BCUT2D eigenvalue weighted by Crippen LogP contribution is 2.10. The fourth-order valence-electron chi connectivity index (χ4n) is 0.814. The van der Waals surface area contributed by atoms with E-state index in [0.717, 1.165) is 0 Å². The number of rotatable bonds is 4. The number of nitrogens with zero attached hydrogens (tertiary/aromatic N) is 2. The third-order valence-corrected chi connectivity index (χ3v) is 1.31. The summed E-state index contributed by atoms with van der Waals surface area (Å²) < 4.78 is 0. The predicted octanol–water partition coefficient (Wildman–Crippen LogP) is -1.25. The summed E-state index contributed by atoms with van der Waals surface area (Å²) in [6, 6.07) is 1.59. The second kappa shape index (κ2) is 4.43. The van der Waals surface area contributed by atoms with Gasteiger partial charge in [-0.25, -0.2) is 5.84 Å². The van der Waals surface area contributed by atoms with Crippen molar-refractivity contribution >= 4 is 17.6 Å². The maximum Gasteiger partial charge on any atom is 0.223 e. The Kier molecular flexibility index (Phi) is 3.23. The van der Waals surface area contributed by atoms with Gasteiger partial charge in [0.25, 0.3) is 0 Å². The van der Waals surface area contributed by atoms with Crippen LogP contribution in [0.5, 0.6) is 0 Å². The molecule has 7 nitrogen and oxygen atoms in total. The maximum absolute atomic E-state index is 8.55. The summed E-state index contributed by atoms with van der Waals surface area (Å²) in [5, 5.41) is 11.4. The minimum atomic E-state index is 0.0231. The number of hydrogen-bond donors (Lipinski definition) is 5. The van der Waals surface area contributed by atoms with Crippen LogP contribution < -0.4 is 22.3 Å². The highest BCUT2D eigenvalue weighted by atomic mass is 16.3. The standard InChI is InChI=1S/C6H12N6O/c7-6-10-4(9-1-2-13)3-5(11-6)12-8/h3,13H,1-2,8H2,(H4,7,9,10,11,12). The van der Waals surface area contributed by atoms with Gasteiger partial charge in [0.15, 0.2) is 0 Å². The number of nitrogen functional groups attached to an aromatic ring is 2. The first-order valence-electron chi connectivity index (χ1n) is 3.72. The van der Waals surface area contributed by atoms with E-state index in [1.165, 1.54) is 0 Å². The zero-order chi connectivity index (χ0) is 9.68. The molecule has 0 aliphatic heterocycles. The molecule has 0 bridgehead atoms. The number of hydrazine groups is 1. The van der Waals surface area contributed by atoms with Gasteiger partial charge < -0.3 is 21.6 Å². The number of aromatic nitrogens is 2. The van der Waals surface area contributed by atoms with Crippen molar-refractivity contribution in [3.05, 3.63) is 6.07 Å². The first-order chi connectivity index (χ1) is 6.26. The normalized spacial score (nSPS) is 9.69. The lowest BCUT2D eigenvalue weighted by molar-refractivity contribution is 0.311. The van der Waals surface area contributed by atoms with E-state index < -0.39 is 0 Å². The molecule has 0 saturated heterocycles. The van der Waals surface area contributed by atoms with Gasteiger partial charge in [-0.15, -0.1) is 0 Å². The summed E-state index contributed by atoms with van der Waals surface area (Å²) in [6.45, 7) is 0.426. The van der Waals surface area contributed by atoms with Crippen LogP contribution in [0.3, 0.4) is 0 Å². The molecule has 7 heteroatoms. The Labute approximate surface area is 75.1 Å². The predicted molar refractivity (Wildman–Crippen MR) is 49.8 cm³/mol. The molecule has 0 amide bonds. The van der Waals surface area contributed by atoms with E-state index in [9.17, 15) is 0 Å². The number of hydrogen-bond acceptors (Lipinski definition) is 7. The van der Waals surface area contributed by atoms with Crippen molar-refractivity contribution in [1.29, 1.82) is 0 Å². The van der Waals surface area contributed by atoms with E-state index in [1.807, 2.05) is 0 Å². The van der Waals surface area contributed by atoms with Crippen LogP contribution in [0.2, 0.25) is 0 Å². The van der Waals surface area contributed by atoms with Crippen molar-refractivity contribution in [2.75, 3.05) is 29.6 Å². The number of nitrogens with two attached hydrogens (primary N) is 2. The van der Waals surface area contributed by atoms with E-state index in [0.29, 0.717) is 18.2 Å². The lowest BCUT2D eigenvalue weighted by atomic mass is 10.5. The molecule has 0 fully saturated rings. The van der Waals surface area contributed by atoms with Gasteiger partial charge in [-0.05, 0) is 0 Å². The molecule has 0 radical (unpaired) electrons. The van der Waals surface area contributed by atoms with Gasteiger partial charge in [0.1, 0.15) is 11.6 Å². The molecule has 0 aliphatic carbocycles. The van der Waals surface area contributed by atoms with Crippen molar-refractivity contribution < 1.29 is 5.11 Å². The average molecular weight is 184 g/mol. The van der Waals surface area contributed by atoms with Crippen molar-refractivity contribution in [2.24, 2.45) is 5.84 Å². The number of nitrogens with one attached hydrogen (secondary N) is 2. The SMILES string of the molecule is NNc1cc(NCCO)nc(N)n1. The molecule has 7 N–H and O–H groups in total. The largest absolute Gasteiger partial charge is 0.395 e. The van der Waals surface area contributed by atoms with Crippen LogP contribution in [0, 0.1) is 0 Å². The second-order valence-corrected chi connectivity index (χ2v) is 2.29. The molecule has 1 aromatic heterocycles. The van der Waals surface area contributed by atoms with Gasteiger partial charge in [-0.1, -0.05) is 0 Å². The fourth-order valence-corrected chi connectivity index (χ4v) is 0.814. The lowest BCUT2D eigenvalue weighted by Crippen LogP contribution is -2.13. The molecule has 0 spiro atoms. The quantitative estimate of drug-likeness (QED) is 0.292. The summed E-state index contributed by atoms with van der Waals surface area (Å²) >= 11 is 0. The lowest BCUT2D eigenvalue weighted by Gasteiger charge is -2.05. The monoisotopic (exact) mass is 184 g/mol. The molecule has 1 aromatic rings. The van der Waals surface area contributed by atoms with E-state index in [2.05, 4.69) is 20.7 Å². The van der Waals surface area contributed by atoms with Crippen LogP contribution in [0.25, 0.3) is 0 Å². The second-order valence-electron chi connectivity index (χ2n) is 2.29. The topological polar surface area (TPSA) is 122 Å². The molecule has 72 valence electrons. The van der Waals surface area contributed by atoms with Crippen molar-refractivity contribution in [3.8, 4) is 0 Å². The summed E-state index contributed by atoms with van der Waals surface area (Å²) in [5.41, 5.74) is 7.74. The Morgan fingerprint density at radius 1 is 1.38 bits per heavy atom. The first kappa shape index (κ1) is 9.49. The van der Waals surface area contributed by atoms with E-state index in [1.54, 1.807) is 6.07 Å². The highest BCUT2D eigenvalue weighted by molar-refractivity contribution is 5.50. The molecule has 0 unspecified atom stereocenters. The Bertz CT molecular complexity index is 278. The van der Waals surface area contributed by atoms with Gasteiger partial charge in [0, 0.05) is 12.6 Å². The fraction of sp³-hybridized carbons (Fsp3) is 0.333. The molecular weight excluding hydrogens is 172 g/mol. The molecule has 1 rings (SSSR count). The molecule has 0 atom stereocenters. The number of aliphatic hydroxyl groups is 1. The zero-order valence-corrected chi connectivity index (χ0v) is 6.99. The van der Waals surface area contributed by atoms with E-state index in [4.69, 9.17) is 16.7 Å². The van der Waals surface area contributed by atoms with E-state index >= 15 is 0 Å². The Morgan fingerprint density at radius 3 is 2.69 bits per heavy atom. The van der Waals surface area contributed by atoms with Gasteiger partial charge in [-0.2, -0.15) is 9.97 Å². The van der Waals surface area contributed by atoms with Crippen LogP contribution in [0.1, 0.15) is 0 Å². The smallest absolute Gasteiger partial charge is 0.223 e. The molecular formula is C6H12N6O. The number of anilines is 3. The van der Waals surface area contributed by atoms with Gasteiger partial charge in [0.05, 0.1) is 6.61 Å². The third kappa shape index (κ3) is 2.73. The van der Waals surface area contributed by atoms with Crippen molar-refractivity contribution in [2.45, 2.75) is 0 Å². The summed E-state index contributed by atoms with van der Waals surface area (Å²) in [4.78, 5) is 7.66. The van der Waals surface area contributed by atoms with Gasteiger partial charge in [0.2, 0.25) is 5.95 Å². The van der Waals surface area contributed by atoms with E-state index in [-0.39, 0.29) is 12.6 Å². The first-order valence-corrected chi connectivity index (χ1v) is 3.72. The minimum absolute atomic E-state index is 0.0231. The highest BCUT2D eigenvalue weighted by Gasteiger charge is 1.99. The maximum atomic E-state index is 8.55. The van der Waals surface area contributed by atoms with Crippen LogP contribution >= 0.6 is 0 Å². The Balaban J connectivity index is 2.76. The Morgan fingerprint density at radius 2 is 2.08 bits per heavy atom. The summed E-state index contributed by atoms with van der Waals surface area (Å²) in [6.07, 6.45) is 0. The molecule has 1 heterocycles. The summed E-state index contributed by atoms with van der Waals surface area (Å²) in [5.74, 6) is 6.21. The Hall–Kier alpha value is -1.60. The molecule has 0 aliphatic rings. The summed E-state index contributed by atoms with van der Waals surface area (Å²) in [7, 11) is 0. The van der Waals surface area contributed by atoms with Gasteiger partial charge >= 0.3 is 0 Å².